The molecule has 0 unspecified atom stereocenters. The molecule has 6 nitrogen and oxygen atoms in total. The Bertz CT molecular complexity index is 569. The summed E-state index contributed by atoms with van der Waals surface area (Å²) in [6.07, 6.45) is -0.612. The Kier molecular flexibility index (Phi) is 4.97. The summed E-state index contributed by atoms with van der Waals surface area (Å²) >= 11 is 1.19. The van der Waals surface area contributed by atoms with E-state index in [0.29, 0.717) is 16.1 Å². The molecular weight excluding hydrogens is 316 g/mol. The van der Waals surface area contributed by atoms with Gasteiger partial charge in [-0.05, 0) is 24.8 Å². The fourth-order valence-electron chi connectivity index (χ4n) is 2.06. The molecule has 9 heteroatoms. The maximum atomic E-state index is 12.7. The molecular formula is C13H17F2N3O3S. The van der Waals surface area contributed by atoms with E-state index in [1.807, 2.05) is 0 Å². The fourth-order valence-corrected chi connectivity index (χ4v) is 2.98. The van der Waals surface area contributed by atoms with Crippen molar-refractivity contribution in [3.63, 3.8) is 0 Å². The summed E-state index contributed by atoms with van der Waals surface area (Å²) < 4.78 is 30.3. The van der Waals surface area contributed by atoms with Crippen LogP contribution in [0.1, 0.15) is 35.7 Å². The van der Waals surface area contributed by atoms with Crippen LogP contribution in [0, 0.1) is 6.92 Å². The van der Waals surface area contributed by atoms with Crippen molar-refractivity contribution in [2.75, 3.05) is 11.9 Å². The van der Waals surface area contributed by atoms with Gasteiger partial charge in [0.25, 0.3) is 5.92 Å². The van der Waals surface area contributed by atoms with Crippen molar-refractivity contribution in [1.29, 1.82) is 0 Å². The molecule has 1 aliphatic carbocycles. The second-order valence-electron chi connectivity index (χ2n) is 5.03. The molecule has 0 radical (unpaired) electrons. The molecule has 1 aliphatic rings. The van der Waals surface area contributed by atoms with Crippen molar-refractivity contribution in [2.24, 2.45) is 0 Å². The van der Waals surface area contributed by atoms with Crippen LogP contribution < -0.4 is 16.2 Å². The average Bonchev–Trinajstić information content (AvgIpc) is 2.75. The number of alkyl halides is 2. The molecule has 1 heterocycles. The lowest BCUT2D eigenvalue weighted by Crippen LogP contribution is -2.55. The Labute approximate surface area is 130 Å². The minimum atomic E-state index is -2.65. The number of hydrazine groups is 1. The van der Waals surface area contributed by atoms with Crippen LogP contribution in [0.3, 0.4) is 0 Å². The largest absolute Gasteiger partial charge is 0.462 e. The van der Waals surface area contributed by atoms with E-state index in [0.717, 1.165) is 0 Å². The Morgan fingerprint density at radius 1 is 1.45 bits per heavy atom. The lowest BCUT2D eigenvalue weighted by molar-refractivity contribution is -0.0944. The van der Waals surface area contributed by atoms with Gasteiger partial charge in [-0.15, -0.1) is 11.3 Å². The summed E-state index contributed by atoms with van der Waals surface area (Å²) in [5.41, 5.74) is 5.82. The number of hydrogen-bond acceptors (Lipinski definition) is 5. The normalized spacial score (nSPS) is 16.7. The molecule has 1 aromatic heterocycles. The highest BCUT2D eigenvalue weighted by Gasteiger charge is 2.45. The first-order valence-corrected chi connectivity index (χ1v) is 7.66. The standard InChI is InChI=1S/C13H17F2N3O3S/c1-3-21-11(19)9-7(2)6-22-10(9)16-12(20)18-17-8-4-13(14,15)5-8/h6,8,17H,3-5H2,1-2H3,(H2,16,18,20). The van der Waals surface area contributed by atoms with Crippen molar-refractivity contribution in [3.05, 3.63) is 16.5 Å². The molecule has 0 aliphatic heterocycles. The number of esters is 1. The third kappa shape index (κ3) is 3.92. The molecule has 2 rings (SSSR count). The van der Waals surface area contributed by atoms with Gasteiger partial charge < -0.3 is 4.74 Å². The van der Waals surface area contributed by atoms with Gasteiger partial charge in [-0.25, -0.2) is 23.8 Å². The number of aryl methyl sites for hydroxylation is 1. The number of rotatable bonds is 5. The summed E-state index contributed by atoms with van der Waals surface area (Å²) in [4.78, 5) is 23.6. The van der Waals surface area contributed by atoms with Gasteiger partial charge in [0.1, 0.15) is 5.00 Å². The zero-order valence-corrected chi connectivity index (χ0v) is 13.0. The molecule has 3 N–H and O–H groups in total. The van der Waals surface area contributed by atoms with Crippen molar-refractivity contribution in [2.45, 2.75) is 38.7 Å². The van der Waals surface area contributed by atoms with E-state index in [4.69, 9.17) is 4.74 Å². The SMILES string of the molecule is CCOC(=O)c1c(C)csc1NC(=O)NNC1CC(F)(F)C1. The highest BCUT2D eigenvalue weighted by Crippen LogP contribution is 2.37. The summed E-state index contributed by atoms with van der Waals surface area (Å²) in [5, 5.41) is 4.59. The first kappa shape index (κ1) is 16.6. The van der Waals surface area contributed by atoms with E-state index >= 15 is 0 Å². The third-order valence-corrected chi connectivity index (χ3v) is 4.17. The summed E-state index contributed by atoms with van der Waals surface area (Å²) in [6.45, 7) is 3.66. The topological polar surface area (TPSA) is 79.5 Å². The van der Waals surface area contributed by atoms with Gasteiger partial charge in [-0.2, -0.15) is 0 Å². The van der Waals surface area contributed by atoms with Crippen molar-refractivity contribution in [3.8, 4) is 0 Å². The van der Waals surface area contributed by atoms with E-state index in [9.17, 15) is 18.4 Å². The van der Waals surface area contributed by atoms with Crippen molar-refractivity contribution < 1.29 is 23.1 Å². The Morgan fingerprint density at radius 2 is 2.14 bits per heavy atom. The maximum absolute atomic E-state index is 12.7. The van der Waals surface area contributed by atoms with Gasteiger partial charge in [0.15, 0.2) is 0 Å². The lowest BCUT2D eigenvalue weighted by Gasteiger charge is -2.35. The van der Waals surface area contributed by atoms with Gasteiger partial charge in [0, 0.05) is 18.9 Å². The number of amides is 2. The molecule has 0 aromatic carbocycles. The molecule has 1 aromatic rings. The first-order chi connectivity index (χ1) is 10.3. The van der Waals surface area contributed by atoms with Crippen LogP contribution in [-0.4, -0.2) is 30.6 Å². The highest BCUT2D eigenvalue weighted by atomic mass is 32.1. The number of carbonyl (C=O) groups excluding carboxylic acids is 2. The molecule has 2 amide bonds. The predicted octanol–water partition coefficient (Wildman–Crippen LogP) is 2.66. The maximum Gasteiger partial charge on any atom is 0.341 e. The number of ether oxygens (including phenoxy) is 1. The number of hydrogen-bond donors (Lipinski definition) is 3. The van der Waals surface area contributed by atoms with Crippen LogP contribution in [0.4, 0.5) is 18.6 Å². The summed E-state index contributed by atoms with van der Waals surface area (Å²) in [5.74, 6) is -3.17. The molecule has 22 heavy (non-hydrogen) atoms. The van der Waals surface area contributed by atoms with E-state index in [2.05, 4.69) is 16.2 Å². The number of halogens is 2. The van der Waals surface area contributed by atoms with E-state index in [1.165, 1.54) is 11.3 Å². The predicted molar refractivity (Wildman–Crippen MR) is 78.3 cm³/mol. The van der Waals surface area contributed by atoms with Crippen LogP contribution >= 0.6 is 11.3 Å². The molecule has 0 bridgehead atoms. The minimum Gasteiger partial charge on any atom is -0.462 e. The lowest BCUT2D eigenvalue weighted by atomic mass is 9.89. The molecule has 1 fully saturated rings. The number of nitrogens with one attached hydrogen (secondary N) is 3. The van der Waals surface area contributed by atoms with Crippen LogP contribution in [0.5, 0.6) is 0 Å². The Morgan fingerprint density at radius 3 is 2.73 bits per heavy atom. The number of carbonyl (C=O) groups is 2. The average molecular weight is 333 g/mol. The van der Waals surface area contributed by atoms with E-state index < -0.39 is 24.0 Å². The van der Waals surface area contributed by atoms with Gasteiger partial charge in [0.05, 0.1) is 12.2 Å². The summed E-state index contributed by atoms with van der Waals surface area (Å²) in [7, 11) is 0. The van der Waals surface area contributed by atoms with Gasteiger partial charge in [0.2, 0.25) is 0 Å². The molecule has 1 saturated carbocycles. The van der Waals surface area contributed by atoms with Crippen LogP contribution in [-0.2, 0) is 4.74 Å². The fraction of sp³-hybridized carbons (Fsp3) is 0.538. The summed E-state index contributed by atoms with van der Waals surface area (Å²) in [6, 6.07) is -1.07. The second kappa shape index (κ2) is 6.57. The van der Waals surface area contributed by atoms with E-state index in [1.54, 1.807) is 19.2 Å². The second-order valence-corrected chi connectivity index (χ2v) is 5.91. The number of urea groups is 1. The van der Waals surface area contributed by atoms with Crippen LogP contribution in [0.15, 0.2) is 5.38 Å². The van der Waals surface area contributed by atoms with Gasteiger partial charge in [-0.3, -0.25) is 10.7 Å². The minimum absolute atomic E-state index is 0.233. The Hall–Kier alpha value is -1.74. The first-order valence-electron chi connectivity index (χ1n) is 6.78. The zero-order chi connectivity index (χ0) is 16.3. The third-order valence-electron chi connectivity index (χ3n) is 3.16. The molecule has 0 spiro atoms. The highest BCUT2D eigenvalue weighted by molar-refractivity contribution is 7.15. The number of thiophene rings is 1. The van der Waals surface area contributed by atoms with Crippen LogP contribution in [0.2, 0.25) is 0 Å². The van der Waals surface area contributed by atoms with Gasteiger partial charge in [-0.1, -0.05) is 0 Å². The Balaban J connectivity index is 1.88. The van der Waals surface area contributed by atoms with Crippen LogP contribution in [0.25, 0.3) is 0 Å². The van der Waals surface area contributed by atoms with Crippen molar-refractivity contribution >= 4 is 28.3 Å². The van der Waals surface area contributed by atoms with Crippen molar-refractivity contribution in [1.82, 2.24) is 10.9 Å². The smallest absolute Gasteiger partial charge is 0.341 e. The van der Waals surface area contributed by atoms with E-state index in [-0.39, 0.29) is 19.4 Å². The monoisotopic (exact) mass is 333 g/mol. The molecule has 122 valence electrons. The quantitative estimate of drug-likeness (QED) is 0.572. The number of anilines is 1. The van der Waals surface area contributed by atoms with Gasteiger partial charge >= 0.3 is 12.0 Å². The zero-order valence-electron chi connectivity index (χ0n) is 12.2. The molecule has 0 saturated heterocycles. The molecule has 0 atom stereocenters.